The standard InChI is InChI=1S/C6H9F5O5S2/c1-4(7,18(14,15)16-2)5(8,9)6(10,11)17(3,12)13/h1-3H3. The van der Waals surface area contributed by atoms with Crippen molar-refractivity contribution in [3.05, 3.63) is 0 Å². The van der Waals surface area contributed by atoms with Crippen molar-refractivity contribution in [2.24, 2.45) is 0 Å². The van der Waals surface area contributed by atoms with Gasteiger partial charge in [-0.1, -0.05) is 0 Å². The third-order valence-corrected chi connectivity index (χ3v) is 4.90. The Kier molecular flexibility index (Phi) is 4.15. The molecule has 0 N–H and O–H groups in total. The van der Waals surface area contributed by atoms with Crippen LogP contribution in [-0.2, 0) is 24.1 Å². The lowest BCUT2D eigenvalue weighted by atomic mass is 10.2. The van der Waals surface area contributed by atoms with E-state index in [0.29, 0.717) is 0 Å². The van der Waals surface area contributed by atoms with E-state index >= 15 is 0 Å². The first-order valence-corrected chi connectivity index (χ1v) is 7.30. The Hall–Kier alpha value is -0.490. The molecule has 5 nitrogen and oxygen atoms in total. The zero-order valence-electron chi connectivity index (χ0n) is 9.25. The highest BCUT2D eigenvalue weighted by Gasteiger charge is 2.77. The van der Waals surface area contributed by atoms with Crippen LogP contribution < -0.4 is 0 Å². The highest BCUT2D eigenvalue weighted by Crippen LogP contribution is 2.49. The number of alkyl halides is 5. The molecule has 0 aliphatic carbocycles. The molecule has 18 heavy (non-hydrogen) atoms. The van der Waals surface area contributed by atoms with Gasteiger partial charge in [0.1, 0.15) is 0 Å². The van der Waals surface area contributed by atoms with E-state index < -0.39 is 43.1 Å². The topological polar surface area (TPSA) is 77.5 Å². The molecule has 1 atom stereocenters. The normalized spacial score (nSPS) is 18.4. The van der Waals surface area contributed by atoms with Gasteiger partial charge < -0.3 is 0 Å². The molecular weight excluding hydrogens is 311 g/mol. The molecule has 0 aliphatic heterocycles. The molecule has 0 amide bonds. The van der Waals surface area contributed by atoms with Crippen LogP contribution in [-0.4, -0.2) is 46.4 Å². The molecule has 0 saturated heterocycles. The van der Waals surface area contributed by atoms with Gasteiger partial charge in [-0.3, -0.25) is 4.18 Å². The monoisotopic (exact) mass is 320 g/mol. The van der Waals surface area contributed by atoms with Crippen LogP contribution in [0.3, 0.4) is 0 Å². The Labute approximate surface area is 100.0 Å². The smallest absolute Gasteiger partial charge is 0.271 e. The Morgan fingerprint density at radius 2 is 1.28 bits per heavy atom. The Morgan fingerprint density at radius 1 is 0.944 bits per heavy atom. The predicted octanol–water partition coefficient (Wildman–Crippen LogP) is 0.921. The van der Waals surface area contributed by atoms with Gasteiger partial charge in [-0.25, -0.2) is 12.8 Å². The molecule has 0 rings (SSSR count). The van der Waals surface area contributed by atoms with Gasteiger partial charge in [0, 0.05) is 6.26 Å². The highest BCUT2D eigenvalue weighted by atomic mass is 32.2. The first kappa shape index (κ1) is 17.5. The van der Waals surface area contributed by atoms with Gasteiger partial charge in [0.2, 0.25) is 9.84 Å². The second-order valence-corrected chi connectivity index (χ2v) is 7.47. The van der Waals surface area contributed by atoms with Crippen molar-refractivity contribution in [2.45, 2.75) is 23.1 Å². The maximum Gasteiger partial charge on any atom is 0.411 e. The molecule has 110 valence electrons. The first-order valence-electron chi connectivity index (χ1n) is 4.00. The lowest BCUT2D eigenvalue weighted by Gasteiger charge is -2.32. The first-order chi connectivity index (χ1) is 7.56. The van der Waals surface area contributed by atoms with Crippen molar-refractivity contribution < 1.29 is 43.0 Å². The molecule has 0 aromatic heterocycles. The third-order valence-electron chi connectivity index (χ3n) is 2.08. The fourth-order valence-corrected chi connectivity index (χ4v) is 2.28. The number of hydrogen-bond donors (Lipinski definition) is 0. The molecule has 0 bridgehead atoms. The van der Waals surface area contributed by atoms with E-state index in [1.807, 2.05) is 0 Å². The molecule has 0 aliphatic rings. The summed E-state index contributed by atoms with van der Waals surface area (Å²) in [4.78, 5) is 0. The minimum absolute atomic E-state index is 0.266. The molecule has 0 spiro atoms. The zero-order chi connectivity index (χ0) is 15.2. The average molecular weight is 320 g/mol. The summed E-state index contributed by atoms with van der Waals surface area (Å²) < 4.78 is 112. The van der Waals surface area contributed by atoms with Crippen LogP contribution in [0.15, 0.2) is 0 Å². The van der Waals surface area contributed by atoms with Crippen LogP contribution in [0.2, 0.25) is 0 Å². The predicted molar refractivity (Wildman–Crippen MR) is 50.2 cm³/mol. The van der Waals surface area contributed by atoms with Gasteiger partial charge in [0.25, 0.3) is 0 Å². The number of sulfone groups is 1. The Bertz CT molecular complexity index is 521. The largest absolute Gasteiger partial charge is 0.411 e. The second-order valence-electron chi connectivity index (χ2n) is 3.40. The van der Waals surface area contributed by atoms with Gasteiger partial charge in [0.05, 0.1) is 7.11 Å². The number of rotatable bonds is 5. The molecule has 1 unspecified atom stereocenters. The zero-order valence-corrected chi connectivity index (χ0v) is 10.9. The summed E-state index contributed by atoms with van der Waals surface area (Å²) in [7, 11) is -11.2. The summed E-state index contributed by atoms with van der Waals surface area (Å²) in [5, 5.41) is -10.9. The van der Waals surface area contributed by atoms with Gasteiger partial charge >= 0.3 is 26.3 Å². The van der Waals surface area contributed by atoms with Crippen LogP contribution in [0, 0.1) is 0 Å². The van der Waals surface area contributed by atoms with E-state index in [0.717, 1.165) is 0 Å². The van der Waals surface area contributed by atoms with Crippen LogP contribution >= 0.6 is 0 Å². The molecular formula is C6H9F5O5S2. The van der Waals surface area contributed by atoms with E-state index in [1.54, 1.807) is 0 Å². The summed E-state index contributed by atoms with van der Waals surface area (Å²) >= 11 is 0. The number of halogens is 5. The molecule has 12 heteroatoms. The maximum absolute atomic E-state index is 13.5. The second kappa shape index (κ2) is 4.27. The summed E-state index contributed by atoms with van der Waals surface area (Å²) in [6.45, 7) is -0.412. The fourth-order valence-electron chi connectivity index (χ4n) is 0.806. The van der Waals surface area contributed by atoms with Crippen LogP contribution in [0.4, 0.5) is 22.0 Å². The molecule has 0 aromatic rings. The molecule has 0 radical (unpaired) electrons. The van der Waals surface area contributed by atoms with E-state index in [9.17, 15) is 38.8 Å². The summed E-state index contributed by atoms with van der Waals surface area (Å²) in [6.07, 6.45) is -0.281. The lowest BCUT2D eigenvalue weighted by molar-refractivity contribution is -0.204. The van der Waals surface area contributed by atoms with Crippen molar-refractivity contribution in [1.29, 1.82) is 0 Å². The minimum Gasteiger partial charge on any atom is -0.271 e. The van der Waals surface area contributed by atoms with E-state index in [2.05, 4.69) is 4.18 Å². The molecule has 0 heterocycles. The van der Waals surface area contributed by atoms with Gasteiger partial charge in [0.15, 0.2) is 0 Å². The van der Waals surface area contributed by atoms with Crippen LogP contribution in [0.25, 0.3) is 0 Å². The van der Waals surface area contributed by atoms with Crippen molar-refractivity contribution >= 4 is 20.0 Å². The van der Waals surface area contributed by atoms with E-state index in [4.69, 9.17) is 0 Å². The summed E-state index contributed by atoms with van der Waals surface area (Å²) in [5.41, 5.74) is 0. The molecule has 0 saturated carbocycles. The molecule has 0 fully saturated rings. The summed E-state index contributed by atoms with van der Waals surface area (Å²) in [5.74, 6) is -6.04. The van der Waals surface area contributed by atoms with Crippen LogP contribution in [0.5, 0.6) is 0 Å². The quantitative estimate of drug-likeness (QED) is 0.556. The number of hydrogen-bond acceptors (Lipinski definition) is 5. The van der Waals surface area contributed by atoms with Crippen molar-refractivity contribution in [2.75, 3.05) is 13.4 Å². The van der Waals surface area contributed by atoms with Crippen molar-refractivity contribution in [3.63, 3.8) is 0 Å². The Balaban J connectivity index is 6.13. The lowest BCUT2D eigenvalue weighted by Crippen LogP contribution is -2.61. The van der Waals surface area contributed by atoms with Crippen LogP contribution in [0.1, 0.15) is 6.92 Å². The van der Waals surface area contributed by atoms with E-state index in [1.165, 1.54) is 0 Å². The molecule has 0 aromatic carbocycles. The van der Waals surface area contributed by atoms with Gasteiger partial charge in [-0.2, -0.15) is 26.0 Å². The minimum atomic E-state index is -6.04. The fraction of sp³-hybridized carbons (Fsp3) is 1.00. The van der Waals surface area contributed by atoms with Crippen molar-refractivity contribution in [1.82, 2.24) is 0 Å². The van der Waals surface area contributed by atoms with Gasteiger partial charge in [-0.05, 0) is 6.92 Å². The SMILES string of the molecule is COS(=O)(=O)C(C)(F)C(F)(F)C(F)(F)S(C)(=O)=O. The van der Waals surface area contributed by atoms with Crippen molar-refractivity contribution in [3.8, 4) is 0 Å². The average Bonchev–Trinajstić information content (AvgIpc) is 2.15. The van der Waals surface area contributed by atoms with E-state index in [-0.39, 0.29) is 13.4 Å². The maximum atomic E-state index is 13.5. The Morgan fingerprint density at radius 3 is 1.50 bits per heavy atom. The van der Waals surface area contributed by atoms with Gasteiger partial charge in [-0.15, -0.1) is 0 Å². The highest BCUT2D eigenvalue weighted by molar-refractivity contribution is 7.92. The summed E-state index contributed by atoms with van der Waals surface area (Å²) in [6, 6.07) is 0. The third kappa shape index (κ3) is 2.20.